The fourth-order valence-corrected chi connectivity index (χ4v) is 3.55. The summed E-state index contributed by atoms with van der Waals surface area (Å²) in [7, 11) is 0. The first-order chi connectivity index (χ1) is 12.7. The Kier molecular flexibility index (Phi) is 9.86. The Balaban J connectivity index is 0.00000392. The van der Waals surface area contributed by atoms with Gasteiger partial charge in [-0.25, -0.2) is 9.98 Å². The van der Waals surface area contributed by atoms with Gasteiger partial charge in [0.05, 0.1) is 17.2 Å². The standard InChI is InChI=1S/C21H32N4OS.HI/c1-6-22-19(24-15-21(5,26)16-10-8-7-9-11-16)23-13-12-18-25-17(14-27-18)20(2,3)4;/h7-11,14,26H,6,12-13,15H2,1-5H3,(H2,22,23,24);1H. The Morgan fingerprint density at radius 3 is 2.39 bits per heavy atom. The molecule has 5 nitrogen and oxygen atoms in total. The molecule has 2 rings (SSSR count). The number of guanidine groups is 1. The zero-order valence-corrected chi connectivity index (χ0v) is 20.6. The van der Waals surface area contributed by atoms with Crippen LogP contribution in [0.25, 0.3) is 0 Å². The first-order valence-electron chi connectivity index (χ1n) is 9.47. The molecule has 0 saturated carbocycles. The quantitative estimate of drug-likeness (QED) is 0.295. The summed E-state index contributed by atoms with van der Waals surface area (Å²) < 4.78 is 0. The molecule has 1 heterocycles. The number of halogens is 1. The average Bonchev–Trinajstić information content (AvgIpc) is 3.10. The van der Waals surface area contributed by atoms with E-state index in [1.807, 2.05) is 37.3 Å². The number of aliphatic hydroxyl groups is 1. The van der Waals surface area contributed by atoms with Crippen LogP contribution in [-0.4, -0.2) is 35.7 Å². The van der Waals surface area contributed by atoms with Crippen molar-refractivity contribution in [2.24, 2.45) is 4.99 Å². The summed E-state index contributed by atoms with van der Waals surface area (Å²) in [6.07, 6.45) is 0.847. The molecule has 0 spiro atoms. The maximum absolute atomic E-state index is 10.7. The SMILES string of the molecule is CCNC(=NCC(C)(O)c1ccccc1)NCCc1nc(C(C)(C)C)cs1.I. The molecule has 0 saturated heterocycles. The molecular weight excluding hydrogens is 483 g/mol. The molecule has 28 heavy (non-hydrogen) atoms. The van der Waals surface area contributed by atoms with Crippen LogP contribution in [0.5, 0.6) is 0 Å². The Hall–Kier alpha value is -1.19. The van der Waals surface area contributed by atoms with Gasteiger partial charge in [0.25, 0.3) is 0 Å². The third-order valence-corrected chi connectivity index (χ3v) is 5.15. The van der Waals surface area contributed by atoms with Gasteiger partial charge in [-0.15, -0.1) is 35.3 Å². The Bertz CT molecular complexity index is 738. The molecule has 156 valence electrons. The number of aliphatic imine (C=N–C) groups is 1. The zero-order chi connectivity index (χ0) is 19.9. The summed E-state index contributed by atoms with van der Waals surface area (Å²) in [5.41, 5.74) is 1.09. The van der Waals surface area contributed by atoms with Crippen molar-refractivity contribution in [2.45, 2.75) is 52.1 Å². The monoisotopic (exact) mass is 516 g/mol. The molecule has 1 aromatic heterocycles. The van der Waals surface area contributed by atoms with Crippen LogP contribution < -0.4 is 10.6 Å². The van der Waals surface area contributed by atoms with Gasteiger partial charge in [-0.05, 0) is 19.4 Å². The topological polar surface area (TPSA) is 69.5 Å². The van der Waals surface area contributed by atoms with Gasteiger partial charge in [0, 0.05) is 30.3 Å². The van der Waals surface area contributed by atoms with Crippen LogP contribution in [-0.2, 0) is 17.4 Å². The molecule has 0 radical (unpaired) electrons. The van der Waals surface area contributed by atoms with Gasteiger partial charge >= 0.3 is 0 Å². The second kappa shape index (κ2) is 11.1. The predicted octanol–water partition coefficient (Wildman–Crippen LogP) is 4.06. The largest absolute Gasteiger partial charge is 0.384 e. The van der Waals surface area contributed by atoms with Crippen LogP contribution >= 0.6 is 35.3 Å². The van der Waals surface area contributed by atoms with Crippen LogP contribution in [0.1, 0.15) is 50.9 Å². The molecule has 0 aliphatic rings. The highest BCUT2D eigenvalue weighted by Crippen LogP contribution is 2.24. The first kappa shape index (κ1) is 24.8. The minimum Gasteiger partial charge on any atom is -0.384 e. The number of hydrogen-bond donors (Lipinski definition) is 3. The zero-order valence-electron chi connectivity index (χ0n) is 17.5. The second-order valence-corrected chi connectivity index (χ2v) is 8.83. The van der Waals surface area contributed by atoms with E-state index in [9.17, 15) is 5.11 Å². The van der Waals surface area contributed by atoms with Gasteiger partial charge in [-0.3, -0.25) is 0 Å². The average molecular weight is 516 g/mol. The normalized spacial score (nSPS) is 14.1. The summed E-state index contributed by atoms with van der Waals surface area (Å²) in [6, 6.07) is 9.64. The molecular formula is C21H33IN4OS. The van der Waals surface area contributed by atoms with Crippen LogP contribution in [0, 0.1) is 0 Å². The van der Waals surface area contributed by atoms with Crippen molar-refractivity contribution in [3.8, 4) is 0 Å². The Labute approximate surface area is 190 Å². The number of nitrogens with one attached hydrogen (secondary N) is 2. The fourth-order valence-electron chi connectivity index (χ4n) is 2.52. The van der Waals surface area contributed by atoms with E-state index in [0.717, 1.165) is 35.8 Å². The van der Waals surface area contributed by atoms with Crippen molar-refractivity contribution < 1.29 is 5.11 Å². The molecule has 0 aliphatic carbocycles. The molecule has 2 aromatic rings. The minimum absolute atomic E-state index is 0. The number of hydrogen-bond acceptors (Lipinski definition) is 4. The van der Waals surface area contributed by atoms with E-state index in [-0.39, 0.29) is 35.9 Å². The number of thiazole rings is 1. The third-order valence-electron chi connectivity index (χ3n) is 4.24. The second-order valence-electron chi connectivity index (χ2n) is 7.89. The molecule has 1 unspecified atom stereocenters. The maximum atomic E-state index is 10.7. The fraction of sp³-hybridized carbons (Fsp3) is 0.524. The van der Waals surface area contributed by atoms with Crippen LogP contribution in [0.4, 0.5) is 0 Å². The number of benzene rings is 1. The highest BCUT2D eigenvalue weighted by Gasteiger charge is 2.22. The number of rotatable bonds is 7. The summed E-state index contributed by atoms with van der Waals surface area (Å²) in [5.74, 6) is 0.710. The van der Waals surface area contributed by atoms with E-state index in [2.05, 4.69) is 41.8 Å². The summed E-state index contributed by atoms with van der Waals surface area (Å²) in [6.45, 7) is 12.2. The van der Waals surface area contributed by atoms with Gasteiger partial charge in [0.2, 0.25) is 0 Å². The van der Waals surface area contributed by atoms with Crippen molar-refractivity contribution in [1.29, 1.82) is 0 Å². The minimum atomic E-state index is -0.999. The molecule has 7 heteroatoms. The highest BCUT2D eigenvalue weighted by molar-refractivity contribution is 14.0. The first-order valence-corrected chi connectivity index (χ1v) is 10.4. The van der Waals surface area contributed by atoms with E-state index in [4.69, 9.17) is 4.98 Å². The lowest BCUT2D eigenvalue weighted by molar-refractivity contribution is 0.0672. The van der Waals surface area contributed by atoms with Gasteiger partial charge in [-0.2, -0.15) is 0 Å². The van der Waals surface area contributed by atoms with Crippen molar-refractivity contribution in [1.82, 2.24) is 15.6 Å². The third kappa shape index (κ3) is 7.67. The van der Waals surface area contributed by atoms with E-state index in [0.29, 0.717) is 5.96 Å². The van der Waals surface area contributed by atoms with Crippen molar-refractivity contribution in [3.63, 3.8) is 0 Å². The summed E-state index contributed by atoms with van der Waals surface area (Å²) in [4.78, 5) is 9.29. The Morgan fingerprint density at radius 1 is 1.14 bits per heavy atom. The summed E-state index contributed by atoms with van der Waals surface area (Å²) in [5, 5.41) is 20.6. The molecule has 0 aliphatic heterocycles. The summed E-state index contributed by atoms with van der Waals surface area (Å²) >= 11 is 1.70. The van der Waals surface area contributed by atoms with Gasteiger partial charge in [0.1, 0.15) is 5.60 Å². The predicted molar refractivity (Wildman–Crippen MR) is 130 cm³/mol. The lowest BCUT2D eigenvalue weighted by Crippen LogP contribution is -2.39. The molecule has 0 fully saturated rings. The Morgan fingerprint density at radius 2 is 1.82 bits per heavy atom. The van der Waals surface area contributed by atoms with Crippen LogP contribution in [0.15, 0.2) is 40.7 Å². The van der Waals surface area contributed by atoms with E-state index < -0.39 is 5.60 Å². The molecule has 3 N–H and O–H groups in total. The van der Waals surface area contributed by atoms with Crippen LogP contribution in [0.3, 0.4) is 0 Å². The smallest absolute Gasteiger partial charge is 0.191 e. The molecule has 0 bridgehead atoms. The maximum Gasteiger partial charge on any atom is 0.191 e. The number of nitrogens with zero attached hydrogens (tertiary/aromatic N) is 2. The van der Waals surface area contributed by atoms with Crippen molar-refractivity contribution >= 4 is 41.3 Å². The lowest BCUT2D eigenvalue weighted by Gasteiger charge is -2.22. The van der Waals surface area contributed by atoms with Gasteiger partial charge in [0.15, 0.2) is 5.96 Å². The van der Waals surface area contributed by atoms with E-state index >= 15 is 0 Å². The van der Waals surface area contributed by atoms with Crippen molar-refractivity contribution in [3.05, 3.63) is 52.0 Å². The molecule has 1 atom stereocenters. The van der Waals surface area contributed by atoms with E-state index in [1.165, 1.54) is 0 Å². The lowest BCUT2D eigenvalue weighted by atomic mass is 9.93. The van der Waals surface area contributed by atoms with Crippen LogP contribution in [0.2, 0.25) is 0 Å². The molecule has 0 amide bonds. The van der Waals surface area contributed by atoms with Gasteiger partial charge < -0.3 is 15.7 Å². The van der Waals surface area contributed by atoms with Crippen molar-refractivity contribution in [2.75, 3.05) is 19.6 Å². The van der Waals surface area contributed by atoms with E-state index in [1.54, 1.807) is 18.3 Å². The molecule has 1 aromatic carbocycles. The number of aromatic nitrogens is 1. The highest BCUT2D eigenvalue weighted by atomic mass is 127. The van der Waals surface area contributed by atoms with Gasteiger partial charge in [-0.1, -0.05) is 51.1 Å².